The van der Waals surface area contributed by atoms with Gasteiger partial charge < -0.3 is 10.2 Å². The van der Waals surface area contributed by atoms with Gasteiger partial charge in [-0.1, -0.05) is 18.2 Å². The lowest BCUT2D eigenvalue weighted by Gasteiger charge is -2.12. The summed E-state index contributed by atoms with van der Waals surface area (Å²) in [6.45, 7) is 0.487. The minimum Gasteiger partial charge on any atom is -0.464 e. The monoisotopic (exact) mass is 239 g/mol. The molecule has 3 rings (SSSR count). The minimum atomic E-state index is 0.0386. The zero-order valence-electron chi connectivity index (χ0n) is 9.78. The first-order valence-electron chi connectivity index (χ1n) is 5.82. The largest absolute Gasteiger partial charge is 0.464 e. The van der Waals surface area contributed by atoms with Crippen molar-refractivity contribution in [2.75, 3.05) is 6.54 Å². The van der Waals surface area contributed by atoms with Crippen LogP contribution in [0.1, 0.15) is 17.2 Å². The summed E-state index contributed by atoms with van der Waals surface area (Å²) in [7, 11) is 0. The first-order chi connectivity index (χ1) is 8.90. The van der Waals surface area contributed by atoms with Gasteiger partial charge in [-0.05, 0) is 12.1 Å². The highest BCUT2D eigenvalue weighted by Gasteiger charge is 2.18. The number of rotatable bonds is 3. The Labute approximate surface area is 104 Å². The normalized spacial score (nSPS) is 12.7. The quantitative estimate of drug-likeness (QED) is 0.761. The van der Waals surface area contributed by atoms with Gasteiger partial charge in [-0.2, -0.15) is 0 Å². The van der Waals surface area contributed by atoms with Crippen LogP contribution >= 0.6 is 0 Å². The molecule has 0 saturated heterocycles. The summed E-state index contributed by atoms with van der Waals surface area (Å²) in [6, 6.07) is 9.83. The van der Waals surface area contributed by atoms with Crippen LogP contribution in [-0.4, -0.2) is 16.5 Å². The fourth-order valence-electron chi connectivity index (χ4n) is 2.18. The van der Waals surface area contributed by atoms with E-state index in [0.717, 1.165) is 22.2 Å². The molecule has 2 N–H and O–H groups in total. The lowest BCUT2D eigenvalue weighted by Crippen LogP contribution is -2.14. The highest BCUT2D eigenvalue weighted by molar-refractivity contribution is 5.81. The van der Waals surface area contributed by atoms with E-state index in [4.69, 9.17) is 10.2 Å². The van der Waals surface area contributed by atoms with Gasteiger partial charge in [0.05, 0.1) is 12.0 Å². The summed E-state index contributed by atoms with van der Waals surface area (Å²) in [6.07, 6.45) is 5.04. The number of benzene rings is 1. The molecule has 1 aromatic carbocycles. The third-order valence-corrected chi connectivity index (χ3v) is 3.08. The lowest BCUT2D eigenvalue weighted by atomic mass is 9.95. The van der Waals surface area contributed by atoms with Crippen LogP contribution in [-0.2, 0) is 0 Å². The predicted molar refractivity (Wildman–Crippen MR) is 69.1 cm³/mol. The van der Waals surface area contributed by atoms with Gasteiger partial charge in [0.1, 0.15) is 11.9 Å². The first kappa shape index (κ1) is 10.9. The summed E-state index contributed by atoms with van der Waals surface area (Å²) >= 11 is 0. The van der Waals surface area contributed by atoms with E-state index < -0.39 is 0 Å². The summed E-state index contributed by atoms with van der Waals surface area (Å²) in [5.41, 5.74) is 8.75. The second kappa shape index (κ2) is 4.58. The maximum absolute atomic E-state index is 5.88. The molecular formula is C14H13N3O. The Kier molecular flexibility index (Phi) is 2.78. The van der Waals surface area contributed by atoms with Crippen molar-refractivity contribution in [2.24, 2.45) is 5.73 Å². The highest BCUT2D eigenvalue weighted by atomic mass is 16.3. The van der Waals surface area contributed by atoms with Gasteiger partial charge in [0.2, 0.25) is 0 Å². The molecule has 1 atom stereocenters. The Morgan fingerprint density at radius 3 is 2.89 bits per heavy atom. The van der Waals surface area contributed by atoms with Crippen LogP contribution in [0.4, 0.5) is 0 Å². The van der Waals surface area contributed by atoms with Gasteiger partial charge in [0.15, 0.2) is 0 Å². The second-order valence-electron chi connectivity index (χ2n) is 4.11. The van der Waals surface area contributed by atoms with Gasteiger partial charge in [0, 0.05) is 29.6 Å². The summed E-state index contributed by atoms with van der Waals surface area (Å²) in [4.78, 5) is 8.21. The zero-order valence-corrected chi connectivity index (χ0v) is 9.78. The molecule has 0 fully saturated rings. The van der Waals surface area contributed by atoms with E-state index in [1.54, 1.807) is 18.8 Å². The van der Waals surface area contributed by atoms with Crippen LogP contribution in [0.3, 0.4) is 0 Å². The molecule has 3 aromatic rings. The maximum atomic E-state index is 5.88. The van der Waals surface area contributed by atoms with Crippen molar-refractivity contribution in [2.45, 2.75) is 5.92 Å². The van der Waals surface area contributed by atoms with Gasteiger partial charge in [-0.3, -0.25) is 0 Å². The molecular weight excluding hydrogens is 226 g/mol. The van der Waals surface area contributed by atoms with E-state index in [2.05, 4.69) is 9.97 Å². The van der Waals surface area contributed by atoms with E-state index in [1.807, 2.05) is 30.3 Å². The third-order valence-electron chi connectivity index (χ3n) is 3.08. The van der Waals surface area contributed by atoms with Gasteiger partial charge in [-0.15, -0.1) is 0 Å². The predicted octanol–water partition coefficient (Wildman–Crippen LogP) is 2.31. The van der Waals surface area contributed by atoms with E-state index >= 15 is 0 Å². The SMILES string of the molecule is NCC(c1ccncn1)c1coc2ccccc12. The molecule has 2 heterocycles. The van der Waals surface area contributed by atoms with Crippen molar-refractivity contribution in [3.63, 3.8) is 0 Å². The average molecular weight is 239 g/mol. The van der Waals surface area contributed by atoms with Crippen LogP contribution < -0.4 is 5.73 Å². The van der Waals surface area contributed by atoms with Crippen LogP contribution in [0, 0.1) is 0 Å². The molecule has 0 aliphatic rings. The van der Waals surface area contributed by atoms with Crippen molar-refractivity contribution in [3.05, 3.63) is 60.4 Å². The number of furan rings is 1. The van der Waals surface area contributed by atoms with E-state index in [-0.39, 0.29) is 5.92 Å². The zero-order chi connectivity index (χ0) is 12.4. The average Bonchev–Trinajstić information content (AvgIpc) is 2.85. The van der Waals surface area contributed by atoms with Gasteiger partial charge >= 0.3 is 0 Å². The summed E-state index contributed by atoms with van der Waals surface area (Å²) in [5.74, 6) is 0.0386. The number of nitrogens with zero attached hydrogens (tertiary/aromatic N) is 2. The molecule has 1 unspecified atom stereocenters. The fourth-order valence-corrected chi connectivity index (χ4v) is 2.18. The smallest absolute Gasteiger partial charge is 0.134 e. The minimum absolute atomic E-state index is 0.0386. The Balaban J connectivity index is 2.12. The van der Waals surface area contributed by atoms with Gasteiger partial charge in [0.25, 0.3) is 0 Å². The van der Waals surface area contributed by atoms with E-state index in [9.17, 15) is 0 Å². The van der Waals surface area contributed by atoms with Gasteiger partial charge in [-0.25, -0.2) is 9.97 Å². The maximum Gasteiger partial charge on any atom is 0.134 e. The standard InChI is InChI=1S/C14H13N3O/c15-7-11(13-5-6-16-9-17-13)12-8-18-14-4-2-1-3-10(12)14/h1-6,8-9,11H,7,15H2. The molecule has 0 saturated carbocycles. The Bertz CT molecular complexity index is 648. The molecule has 0 amide bonds. The number of aromatic nitrogens is 2. The van der Waals surface area contributed by atoms with Crippen LogP contribution in [0.15, 0.2) is 53.5 Å². The van der Waals surface area contributed by atoms with Crippen LogP contribution in [0.2, 0.25) is 0 Å². The van der Waals surface area contributed by atoms with Crippen LogP contribution in [0.25, 0.3) is 11.0 Å². The highest BCUT2D eigenvalue weighted by Crippen LogP contribution is 2.30. The topological polar surface area (TPSA) is 64.9 Å². The molecule has 0 bridgehead atoms. The number of hydrogen-bond donors (Lipinski definition) is 1. The number of hydrogen-bond acceptors (Lipinski definition) is 4. The first-order valence-corrected chi connectivity index (χ1v) is 5.82. The molecule has 18 heavy (non-hydrogen) atoms. The van der Waals surface area contributed by atoms with E-state index in [1.165, 1.54) is 0 Å². The molecule has 4 nitrogen and oxygen atoms in total. The Hall–Kier alpha value is -2.20. The Morgan fingerprint density at radius 1 is 1.22 bits per heavy atom. The van der Waals surface area contributed by atoms with Crippen LogP contribution in [0.5, 0.6) is 0 Å². The molecule has 0 spiro atoms. The van der Waals surface area contributed by atoms with E-state index in [0.29, 0.717) is 6.54 Å². The number of fused-ring (bicyclic) bond motifs is 1. The fraction of sp³-hybridized carbons (Fsp3) is 0.143. The summed E-state index contributed by atoms with van der Waals surface area (Å²) < 4.78 is 5.55. The van der Waals surface area contributed by atoms with Crippen molar-refractivity contribution in [1.29, 1.82) is 0 Å². The Morgan fingerprint density at radius 2 is 2.11 bits per heavy atom. The van der Waals surface area contributed by atoms with Crippen molar-refractivity contribution >= 4 is 11.0 Å². The number of para-hydroxylation sites is 1. The lowest BCUT2D eigenvalue weighted by molar-refractivity contribution is 0.605. The number of nitrogens with two attached hydrogens (primary N) is 1. The molecule has 0 aliphatic heterocycles. The van der Waals surface area contributed by atoms with Crippen molar-refractivity contribution < 1.29 is 4.42 Å². The molecule has 90 valence electrons. The second-order valence-corrected chi connectivity index (χ2v) is 4.11. The van der Waals surface area contributed by atoms with Crippen molar-refractivity contribution in [1.82, 2.24) is 9.97 Å². The third kappa shape index (κ3) is 1.76. The summed E-state index contributed by atoms with van der Waals surface area (Å²) in [5, 5.41) is 1.09. The van der Waals surface area contributed by atoms with Crippen molar-refractivity contribution in [3.8, 4) is 0 Å². The molecule has 2 aromatic heterocycles. The molecule has 0 radical (unpaired) electrons. The molecule has 4 heteroatoms. The molecule has 0 aliphatic carbocycles.